The molecule has 0 spiro atoms. The highest BCUT2D eigenvalue weighted by molar-refractivity contribution is 5.86. The van der Waals surface area contributed by atoms with Gasteiger partial charge in [-0.1, -0.05) is 36.4 Å². The molecular weight excluding hydrogens is 248 g/mol. The average molecular weight is 262 g/mol. The molecule has 0 aliphatic carbocycles. The van der Waals surface area contributed by atoms with Crippen LogP contribution in [0.15, 0.2) is 65.7 Å². The topological polar surface area (TPSA) is 34.5 Å². The first kappa shape index (κ1) is 12.4. The molecule has 0 bridgehead atoms. The normalized spacial score (nSPS) is 11.1. The predicted octanol–water partition coefficient (Wildman–Crippen LogP) is 3.99. The number of hydrogen-bond donors (Lipinski definition) is 0. The monoisotopic (exact) mass is 262 g/mol. The quantitative estimate of drug-likeness (QED) is 0.669. The molecular formula is C17H14N2O. The fourth-order valence-electron chi connectivity index (χ4n) is 2.03. The van der Waals surface area contributed by atoms with Gasteiger partial charge in [0.2, 0.25) is 0 Å². The van der Waals surface area contributed by atoms with E-state index in [1.807, 2.05) is 60.7 Å². The summed E-state index contributed by atoms with van der Waals surface area (Å²) < 4.78 is 5.27. The summed E-state index contributed by atoms with van der Waals surface area (Å²) >= 11 is 0. The Bertz CT molecular complexity index is 766. The Morgan fingerprint density at radius 2 is 1.75 bits per heavy atom. The van der Waals surface area contributed by atoms with E-state index in [2.05, 4.69) is 9.98 Å². The summed E-state index contributed by atoms with van der Waals surface area (Å²) in [6, 6.07) is 19.7. The van der Waals surface area contributed by atoms with Gasteiger partial charge in [-0.05, 0) is 24.3 Å². The second-order valence-electron chi connectivity index (χ2n) is 4.36. The maximum atomic E-state index is 5.27. The minimum atomic E-state index is 0.754. The van der Waals surface area contributed by atoms with Crippen molar-refractivity contribution in [3.63, 3.8) is 0 Å². The average Bonchev–Trinajstić information content (AvgIpc) is 2.53. The largest absolute Gasteiger partial charge is 0.494 e. The number of para-hydroxylation sites is 3. The second-order valence-corrected chi connectivity index (χ2v) is 4.36. The van der Waals surface area contributed by atoms with Crippen LogP contribution in [0.2, 0.25) is 0 Å². The molecule has 3 nitrogen and oxygen atoms in total. The summed E-state index contributed by atoms with van der Waals surface area (Å²) in [6.45, 7) is 0. The Morgan fingerprint density at radius 1 is 0.950 bits per heavy atom. The van der Waals surface area contributed by atoms with E-state index in [-0.39, 0.29) is 0 Å². The molecule has 0 aliphatic rings. The van der Waals surface area contributed by atoms with Crippen LogP contribution in [0.4, 0.5) is 5.69 Å². The van der Waals surface area contributed by atoms with Gasteiger partial charge in [-0.15, -0.1) is 0 Å². The van der Waals surface area contributed by atoms with E-state index in [0.29, 0.717) is 0 Å². The van der Waals surface area contributed by atoms with Gasteiger partial charge in [-0.25, -0.2) is 4.98 Å². The van der Waals surface area contributed by atoms with Gasteiger partial charge in [0.25, 0.3) is 0 Å². The fourth-order valence-corrected chi connectivity index (χ4v) is 2.03. The molecule has 3 heteroatoms. The van der Waals surface area contributed by atoms with Gasteiger partial charge in [0.05, 0.1) is 24.5 Å². The standard InChI is InChI=1S/C17H14N2O/c1-20-17-9-5-4-8-16(17)18-12-14-11-10-13-6-2-3-7-15(13)19-14/h2-12H,1H3. The zero-order valence-corrected chi connectivity index (χ0v) is 11.2. The summed E-state index contributed by atoms with van der Waals surface area (Å²) in [6.07, 6.45) is 1.75. The molecule has 0 saturated heterocycles. The van der Waals surface area contributed by atoms with Crippen molar-refractivity contribution in [2.75, 3.05) is 7.11 Å². The molecule has 1 aromatic heterocycles. The number of fused-ring (bicyclic) bond motifs is 1. The Hall–Kier alpha value is -2.68. The number of nitrogens with zero attached hydrogens (tertiary/aromatic N) is 2. The zero-order chi connectivity index (χ0) is 13.8. The molecule has 0 N–H and O–H groups in total. The smallest absolute Gasteiger partial charge is 0.144 e. The van der Waals surface area contributed by atoms with Crippen molar-refractivity contribution in [2.24, 2.45) is 4.99 Å². The van der Waals surface area contributed by atoms with Gasteiger partial charge >= 0.3 is 0 Å². The van der Waals surface area contributed by atoms with Crippen molar-refractivity contribution in [1.82, 2.24) is 4.98 Å². The predicted molar refractivity (Wildman–Crippen MR) is 82.0 cm³/mol. The van der Waals surface area contributed by atoms with Crippen LogP contribution in [-0.2, 0) is 0 Å². The molecule has 0 atom stereocenters. The van der Waals surface area contributed by atoms with Crippen molar-refractivity contribution < 1.29 is 4.74 Å². The van der Waals surface area contributed by atoms with Crippen LogP contribution in [0, 0.1) is 0 Å². The van der Waals surface area contributed by atoms with Crippen LogP contribution in [0.1, 0.15) is 5.69 Å². The van der Waals surface area contributed by atoms with Gasteiger partial charge in [0, 0.05) is 5.39 Å². The SMILES string of the molecule is COc1ccccc1N=Cc1ccc2ccccc2n1. The van der Waals surface area contributed by atoms with Crippen molar-refractivity contribution in [1.29, 1.82) is 0 Å². The molecule has 20 heavy (non-hydrogen) atoms. The molecule has 0 aliphatic heterocycles. The molecule has 0 amide bonds. The number of pyridine rings is 1. The maximum Gasteiger partial charge on any atom is 0.144 e. The molecule has 3 aromatic rings. The van der Waals surface area contributed by atoms with E-state index >= 15 is 0 Å². The van der Waals surface area contributed by atoms with E-state index in [1.54, 1.807) is 13.3 Å². The summed E-state index contributed by atoms with van der Waals surface area (Å²) in [7, 11) is 1.64. The molecule has 0 fully saturated rings. The van der Waals surface area contributed by atoms with Crippen molar-refractivity contribution in [2.45, 2.75) is 0 Å². The minimum Gasteiger partial charge on any atom is -0.494 e. The third-order valence-corrected chi connectivity index (χ3v) is 3.04. The van der Waals surface area contributed by atoms with Crippen LogP contribution in [-0.4, -0.2) is 18.3 Å². The van der Waals surface area contributed by atoms with E-state index in [0.717, 1.165) is 28.0 Å². The number of benzene rings is 2. The number of ether oxygens (including phenoxy) is 1. The Labute approximate surface area is 117 Å². The first-order chi connectivity index (χ1) is 9.86. The second kappa shape index (κ2) is 5.53. The zero-order valence-electron chi connectivity index (χ0n) is 11.2. The van der Waals surface area contributed by atoms with Gasteiger partial charge in [0.15, 0.2) is 0 Å². The van der Waals surface area contributed by atoms with Crippen LogP contribution in [0.5, 0.6) is 5.75 Å². The Kier molecular flexibility index (Phi) is 3.42. The highest BCUT2D eigenvalue weighted by Gasteiger charge is 1.99. The summed E-state index contributed by atoms with van der Waals surface area (Å²) in [5, 5.41) is 1.13. The first-order valence-corrected chi connectivity index (χ1v) is 6.40. The number of rotatable bonds is 3. The van der Waals surface area contributed by atoms with E-state index < -0.39 is 0 Å². The Balaban J connectivity index is 1.94. The summed E-state index contributed by atoms with van der Waals surface area (Å²) in [5.74, 6) is 0.754. The lowest BCUT2D eigenvalue weighted by Gasteiger charge is -2.02. The minimum absolute atomic E-state index is 0.754. The molecule has 1 heterocycles. The molecule has 0 saturated carbocycles. The molecule has 0 radical (unpaired) electrons. The van der Waals surface area contributed by atoms with Gasteiger partial charge < -0.3 is 4.74 Å². The fraction of sp³-hybridized carbons (Fsp3) is 0.0588. The molecule has 98 valence electrons. The third kappa shape index (κ3) is 2.52. The third-order valence-electron chi connectivity index (χ3n) is 3.04. The van der Waals surface area contributed by atoms with Crippen LogP contribution >= 0.6 is 0 Å². The summed E-state index contributed by atoms with van der Waals surface area (Å²) in [5.41, 5.74) is 2.59. The van der Waals surface area contributed by atoms with E-state index in [1.165, 1.54) is 0 Å². The van der Waals surface area contributed by atoms with Crippen molar-refractivity contribution >= 4 is 22.8 Å². The Morgan fingerprint density at radius 3 is 2.65 bits per heavy atom. The maximum absolute atomic E-state index is 5.27. The van der Waals surface area contributed by atoms with Gasteiger partial charge in [-0.2, -0.15) is 0 Å². The molecule has 0 unspecified atom stereocenters. The van der Waals surface area contributed by atoms with E-state index in [4.69, 9.17) is 4.74 Å². The lowest BCUT2D eigenvalue weighted by atomic mass is 10.2. The molecule has 2 aromatic carbocycles. The molecule has 3 rings (SSSR count). The number of aliphatic imine (C=N–C) groups is 1. The van der Waals surface area contributed by atoms with Gasteiger partial charge in [-0.3, -0.25) is 4.99 Å². The van der Waals surface area contributed by atoms with Crippen molar-refractivity contribution in [3.05, 3.63) is 66.4 Å². The highest BCUT2D eigenvalue weighted by atomic mass is 16.5. The highest BCUT2D eigenvalue weighted by Crippen LogP contribution is 2.26. The summed E-state index contributed by atoms with van der Waals surface area (Å²) in [4.78, 5) is 9.00. The van der Waals surface area contributed by atoms with Crippen molar-refractivity contribution in [3.8, 4) is 5.75 Å². The van der Waals surface area contributed by atoms with E-state index in [9.17, 15) is 0 Å². The number of hydrogen-bond acceptors (Lipinski definition) is 3. The number of methoxy groups -OCH3 is 1. The van der Waals surface area contributed by atoms with Gasteiger partial charge in [0.1, 0.15) is 11.4 Å². The van der Waals surface area contributed by atoms with Crippen LogP contribution in [0.25, 0.3) is 10.9 Å². The lowest BCUT2D eigenvalue weighted by Crippen LogP contribution is -1.88. The number of aromatic nitrogens is 1. The lowest BCUT2D eigenvalue weighted by molar-refractivity contribution is 0.416. The van der Waals surface area contributed by atoms with Crippen LogP contribution in [0.3, 0.4) is 0 Å². The van der Waals surface area contributed by atoms with Crippen LogP contribution < -0.4 is 4.74 Å². The first-order valence-electron chi connectivity index (χ1n) is 6.40.